The highest BCUT2D eigenvalue weighted by atomic mass is 32.1. The first-order chi connectivity index (χ1) is 17.9. The molecule has 10 heteroatoms. The van der Waals surface area contributed by atoms with Gasteiger partial charge in [0.2, 0.25) is 0 Å². The molecule has 0 aliphatic heterocycles. The highest BCUT2D eigenvalue weighted by Gasteiger charge is 2.16. The molecule has 0 radical (unpaired) electrons. The molecule has 3 aromatic carbocycles. The normalized spacial score (nSPS) is 11.1. The summed E-state index contributed by atoms with van der Waals surface area (Å²) in [5.41, 5.74) is 3.89. The van der Waals surface area contributed by atoms with Gasteiger partial charge in [-0.1, -0.05) is 39.0 Å². The average Bonchev–Trinajstić information content (AvgIpc) is 2.82. The highest BCUT2D eigenvalue weighted by Crippen LogP contribution is 2.25. The third-order valence-electron chi connectivity index (χ3n) is 5.58. The smallest absolute Gasteiger partial charge is 0.166 e. The summed E-state index contributed by atoms with van der Waals surface area (Å²) in [5, 5.41) is 12.9. The molecule has 0 atom stereocenters. The van der Waals surface area contributed by atoms with E-state index in [1.54, 1.807) is 0 Å². The molecule has 0 aliphatic rings. The average molecular weight is 563 g/mol. The van der Waals surface area contributed by atoms with Gasteiger partial charge in [-0.25, -0.2) is 17.6 Å². The second kappa shape index (κ2) is 13.0. The SMILES string of the molecule is CC(C)(C)c1cc(CNC(=S)NCc2cc(F)cc(F)c2)cc(CNC(=S)NCc2cc(F)cc(F)c2)c1. The van der Waals surface area contributed by atoms with Crippen LogP contribution in [-0.2, 0) is 31.6 Å². The quantitative estimate of drug-likeness (QED) is 0.204. The van der Waals surface area contributed by atoms with E-state index in [1.807, 2.05) is 6.07 Å². The summed E-state index contributed by atoms with van der Waals surface area (Å²) in [4.78, 5) is 0. The predicted octanol–water partition coefficient (Wildman–Crippen LogP) is 5.87. The Balaban J connectivity index is 1.57. The van der Waals surface area contributed by atoms with E-state index in [-0.39, 0.29) is 18.5 Å². The van der Waals surface area contributed by atoms with Crippen LogP contribution in [0.25, 0.3) is 0 Å². The lowest BCUT2D eigenvalue weighted by atomic mass is 9.85. The summed E-state index contributed by atoms with van der Waals surface area (Å²) >= 11 is 10.7. The minimum Gasteiger partial charge on any atom is -0.359 e. The van der Waals surface area contributed by atoms with Gasteiger partial charge < -0.3 is 21.3 Å². The van der Waals surface area contributed by atoms with E-state index < -0.39 is 23.3 Å². The number of rotatable bonds is 8. The molecule has 38 heavy (non-hydrogen) atoms. The van der Waals surface area contributed by atoms with Crippen LogP contribution in [0, 0.1) is 23.3 Å². The van der Waals surface area contributed by atoms with Gasteiger partial charge in [0, 0.05) is 38.3 Å². The molecule has 4 N–H and O–H groups in total. The van der Waals surface area contributed by atoms with Gasteiger partial charge in [-0.15, -0.1) is 0 Å². The maximum absolute atomic E-state index is 13.4. The summed E-state index contributed by atoms with van der Waals surface area (Å²) in [5.74, 6) is -2.56. The van der Waals surface area contributed by atoms with Crippen LogP contribution in [0.4, 0.5) is 17.6 Å². The Morgan fingerprint density at radius 2 is 0.816 bits per heavy atom. The Hall–Kier alpha value is -3.24. The molecule has 0 aliphatic carbocycles. The van der Waals surface area contributed by atoms with Crippen LogP contribution in [0.1, 0.15) is 48.6 Å². The van der Waals surface area contributed by atoms with Gasteiger partial charge in [0.05, 0.1) is 0 Å². The lowest BCUT2D eigenvalue weighted by molar-refractivity contribution is 0.578. The van der Waals surface area contributed by atoms with Crippen molar-refractivity contribution in [2.45, 2.75) is 52.4 Å². The summed E-state index contributed by atoms with van der Waals surface area (Å²) in [7, 11) is 0. The second-order valence-electron chi connectivity index (χ2n) is 9.92. The molecule has 0 saturated heterocycles. The molecule has 0 amide bonds. The topological polar surface area (TPSA) is 48.1 Å². The number of thiocarbonyl (C=S) groups is 2. The van der Waals surface area contributed by atoms with E-state index in [1.165, 1.54) is 24.3 Å². The molecule has 4 nitrogen and oxygen atoms in total. The third kappa shape index (κ3) is 9.57. The number of hydrogen-bond acceptors (Lipinski definition) is 2. The molecule has 0 spiro atoms. The van der Waals surface area contributed by atoms with Gasteiger partial charge in [0.25, 0.3) is 0 Å². The van der Waals surface area contributed by atoms with Crippen LogP contribution in [-0.4, -0.2) is 10.2 Å². The first-order valence-corrected chi connectivity index (χ1v) is 12.8. The van der Waals surface area contributed by atoms with Gasteiger partial charge in [0.1, 0.15) is 23.3 Å². The molecule has 0 unspecified atom stereocenters. The molecule has 0 saturated carbocycles. The fourth-order valence-corrected chi connectivity index (χ4v) is 3.97. The van der Waals surface area contributed by atoms with Crippen molar-refractivity contribution in [1.29, 1.82) is 0 Å². The first kappa shape index (κ1) is 29.3. The predicted molar refractivity (Wildman–Crippen MR) is 150 cm³/mol. The van der Waals surface area contributed by atoms with Crippen LogP contribution in [0.3, 0.4) is 0 Å². The van der Waals surface area contributed by atoms with Crippen molar-refractivity contribution in [3.05, 3.63) is 106 Å². The van der Waals surface area contributed by atoms with Crippen LogP contribution in [0.15, 0.2) is 54.6 Å². The number of nitrogens with one attached hydrogen (secondary N) is 4. The Labute approximate surface area is 231 Å². The molecule has 0 bridgehead atoms. The van der Waals surface area contributed by atoms with Crippen molar-refractivity contribution in [2.75, 3.05) is 0 Å². The molecule has 202 valence electrons. The fraction of sp³-hybridized carbons (Fsp3) is 0.286. The van der Waals surface area contributed by atoms with Gasteiger partial charge >= 0.3 is 0 Å². The Morgan fingerprint density at radius 3 is 1.11 bits per heavy atom. The zero-order valence-electron chi connectivity index (χ0n) is 21.4. The zero-order valence-corrected chi connectivity index (χ0v) is 23.0. The van der Waals surface area contributed by atoms with Crippen LogP contribution in [0.5, 0.6) is 0 Å². The van der Waals surface area contributed by atoms with Crippen molar-refractivity contribution in [3.8, 4) is 0 Å². The highest BCUT2D eigenvalue weighted by molar-refractivity contribution is 7.80. The van der Waals surface area contributed by atoms with Crippen molar-refractivity contribution in [2.24, 2.45) is 0 Å². The maximum Gasteiger partial charge on any atom is 0.166 e. The number of hydrogen-bond donors (Lipinski definition) is 4. The summed E-state index contributed by atoms with van der Waals surface area (Å²) in [6, 6.07) is 12.9. The van der Waals surface area contributed by atoms with Crippen LogP contribution >= 0.6 is 24.4 Å². The van der Waals surface area contributed by atoms with Gasteiger partial charge in [0.15, 0.2) is 10.2 Å². The summed E-state index contributed by atoms with van der Waals surface area (Å²) < 4.78 is 53.6. The minimum absolute atomic E-state index is 0.106. The Bertz CT molecular complexity index is 1180. The van der Waals surface area contributed by atoms with Gasteiger partial charge in [-0.05, 0) is 81.9 Å². The zero-order chi connectivity index (χ0) is 27.9. The van der Waals surface area contributed by atoms with Crippen molar-refractivity contribution in [1.82, 2.24) is 21.3 Å². The molecule has 0 heterocycles. The monoisotopic (exact) mass is 562 g/mol. The maximum atomic E-state index is 13.4. The third-order valence-corrected chi connectivity index (χ3v) is 6.15. The molecule has 3 rings (SSSR count). The molecule has 0 aromatic heterocycles. The van der Waals surface area contributed by atoms with E-state index in [9.17, 15) is 17.6 Å². The standard InChI is InChI=1S/C28H30F4N4S2/c1-28(2,3)21-5-17(13-33-26(37)35-15-19-7-22(29)11-23(30)8-19)4-18(6-21)14-34-27(38)36-16-20-9-24(31)12-25(32)10-20/h4-12H,13-16H2,1-3H3,(H2,33,35,37)(H2,34,36,38). The minimum atomic E-state index is -0.640. The van der Waals surface area contributed by atoms with Crippen LogP contribution < -0.4 is 21.3 Å². The lowest BCUT2D eigenvalue weighted by Crippen LogP contribution is -2.35. The molecular formula is C28H30F4N4S2. The van der Waals surface area contributed by atoms with E-state index in [4.69, 9.17) is 24.4 Å². The molecular weight excluding hydrogens is 532 g/mol. The Kier molecular flexibility index (Phi) is 10.0. The van der Waals surface area contributed by atoms with Crippen molar-refractivity contribution in [3.63, 3.8) is 0 Å². The van der Waals surface area contributed by atoms with E-state index in [0.717, 1.165) is 28.8 Å². The van der Waals surface area contributed by atoms with Gasteiger partial charge in [-0.2, -0.15) is 0 Å². The van der Waals surface area contributed by atoms with E-state index in [2.05, 4.69) is 54.2 Å². The van der Waals surface area contributed by atoms with Crippen LogP contribution in [0.2, 0.25) is 0 Å². The van der Waals surface area contributed by atoms with Gasteiger partial charge in [-0.3, -0.25) is 0 Å². The van der Waals surface area contributed by atoms with Crippen molar-refractivity contribution < 1.29 is 17.6 Å². The van der Waals surface area contributed by atoms with Crippen molar-refractivity contribution >= 4 is 34.7 Å². The molecule has 3 aromatic rings. The fourth-order valence-electron chi connectivity index (χ4n) is 3.68. The summed E-state index contributed by atoms with van der Waals surface area (Å²) in [6.07, 6.45) is 0. The largest absolute Gasteiger partial charge is 0.359 e. The summed E-state index contributed by atoms with van der Waals surface area (Å²) in [6.45, 7) is 7.60. The Morgan fingerprint density at radius 1 is 0.526 bits per heavy atom. The second-order valence-corrected chi connectivity index (χ2v) is 10.7. The number of benzene rings is 3. The van der Waals surface area contributed by atoms with E-state index >= 15 is 0 Å². The number of halogens is 4. The first-order valence-electron chi connectivity index (χ1n) is 11.9. The molecule has 0 fully saturated rings. The van der Waals surface area contributed by atoms with E-state index in [0.29, 0.717) is 34.4 Å². The lowest BCUT2D eigenvalue weighted by Gasteiger charge is -2.22.